The van der Waals surface area contributed by atoms with Gasteiger partial charge in [0, 0.05) is 0 Å². The Morgan fingerprint density at radius 1 is 0.591 bits per heavy atom. The van der Waals surface area contributed by atoms with Crippen LogP contribution in [0.4, 0.5) is 0 Å². The Balaban J connectivity index is 2.33. The Bertz CT molecular complexity index is 729. The fraction of sp³-hybridized carbons (Fsp3) is 0.143. The lowest BCUT2D eigenvalue weighted by atomic mass is 9.77. The second kappa shape index (κ2) is 5.78. The third kappa shape index (κ3) is 2.34. The van der Waals surface area contributed by atoms with Gasteiger partial charge in [0.05, 0.1) is 0 Å². The quantitative estimate of drug-likeness (QED) is 0.699. The van der Waals surface area contributed by atoms with Crippen molar-refractivity contribution < 1.29 is 5.11 Å². The molecule has 0 saturated carbocycles. The molecule has 110 valence electrons. The summed E-state index contributed by atoms with van der Waals surface area (Å²) in [7, 11) is 0. The molecule has 1 N–H and O–H groups in total. The summed E-state index contributed by atoms with van der Waals surface area (Å²) >= 11 is 0. The number of hydrogen-bond acceptors (Lipinski definition) is 1. The molecule has 3 aromatic carbocycles. The molecule has 0 amide bonds. The third-order valence-corrected chi connectivity index (χ3v) is 4.26. The third-order valence-electron chi connectivity index (χ3n) is 4.26. The van der Waals surface area contributed by atoms with Crippen LogP contribution in [0.25, 0.3) is 0 Å². The normalized spacial score (nSPS) is 11.4. The van der Waals surface area contributed by atoms with Crippen LogP contribution in [-0.2, 0) is 5.60 Å². The fourth-order valence-electron chi connectivity index (χ4n) is 3.09. The van der Waals surface area contributed by atoms with Crippen LogP contribution in [0.15, 0.2) is 78.9 Å². The number of aryl methyl sites for hydroxylation is 2. The lowest BCUT2D eigenvalue weighted by molar-refractivity contribution is 0.124. The van der Waals surface area contributed by atoms with Crippen LogP contribution in [0, 0.1) is 13.8 Å². The summed E-state index contributed by atoms with van der Waals surface area (Å²) in [6, 6.07) is 25.9. The van der Waals surface area contributed by atoms with Crippen molar-refractivity contribution in [2.24, 2.45) is 0 Å². The monoisotopic (exact) mass is 288 g/mol. The second-order valence-corrected chi connectivity index (χ2v) is 5.71. The molecule has 0 heterocycles. The van der Waals surface area contributed by atoms with Crippen LogP contribution in [0.2, 0.25) is 0 Å². The molecule has 0 fully saturated rings. The number of hydrogen-bond donors (Lipinski definition) is 1. The highest BCUT2D eigenvalue weighted by molar-refractivity contribution is 5.51. The van der Waals surface area contributed by atoms with Crippen LogP contribution < -0.4 is 0 Å². The van der Waals surface area contributed by atoms with Crippen LogP contribution in [0.5, 0.6) is 0 Å². The average Bonchev–Trinajstić information content (AvgIpc) is 2.56. The van der Waals surface area contributed by atoms with E-state index in [1.807, 2.05) is 92.7 Å². The van der Waals surface area contributed by atoms with E-state index < -0.39 is 5.60 Å². The Morgan fingerprint density at radius 2 is 1.00 bits per heavy atom. The van der Waals surface area contributed by atoms with Crippen molar-refractivity contribution in [3.8, 4) is 0 Å². The molecule has 0 aliphatic rings. The predicted octanol–water partition coefficient (Wildman–Crippen LogP) is 4.59. The van der Waals surface area contributed by atoms with Crippen LogP contribution in [-0.4, -0.2) is 5.11 Å². The van der Waals surface area contributed by atoms with E-state index in [0.717, 1.165) is 27.8 Å². The van der Waals surface area contributed by atoms with Crippen LogP contribution >= 0.6 is 0 Å². The van der Waals surface area contributed by atoms with Gasteiger partial charge in [-0.15, -0.1) is 0 Å². The molecule has 3 aromatic rings. The SMILES string of the molecule is Cc1ccccc1C(O)(c1ccccc1)c1ccccc1C. The number of rotatable bonds is 3. The van der Waals surface area contributed by atoms with E-state index in [1.54, 1.807) is 0 Å². The predicted molar refractivity (Wildman–Crippen MR) is 90.9 cm³/mol. The molecule has 0 saturated heterocycles. The lowest BCUT2D eigenvalue weighted by Gasteiger charge is -2.32. The molecule has 0 atom stereocenters. The first kappa shape index (κ1) is 14.6. The van der Waals surface area contributed by atoms with Gasteiger partial charge in [0.1, 0.15) is 5.60 Å². The van der Waals surface area contributed by atoms with Gasteiger partial charge < -0.3 is 5.11 Å². The molecule has 0 bridgehead atoms. The molecular formula is C21H20O. The van der Waals surface area contributed by atoms with Crippen LogP contribution in [0.3, 0.4) is 0 Å². The first-order valence-electron chi connectivity index (χ1n) is 7.54. The second-order valence-electron chi connectivity index (χ2n) is 5.71. The fourth-order valence-corrected chi connectivity index (χ4v) is 3.09. The van der Waals surface area contributed by atoms with Gasteiger partial charge in [-0.05, 0) is 41.7 Å². The molecule has 22 heavy (non-hydrogen) atoms. The van der Waals surface area contributed by atoms with Crippen molar-refractivity contribution in [3.05, 3.63) is 107 Å². The Labute approximate surface area is 131 Å². The first-order valence-corrected chi connectivity index (χ1v) is 7.54. The van der Waals surface area contributed by atoms with Crippen molar-refractivity contribution in [1.82, 2.24) is 0 Å². The van der Waals surface area contributed by atoms with E-state index in [2.05, 4.69) is 0 Å². The molecular weight excluding hydrogens is 268 g/mol. The van der Waals surface area contributed by atoms with Gasteiger partial charge in [-0.1, -0.05) is 78.9 Å². The standard InChI is InChI=1S/C21H20O/c1-16-10-6-8-14-19(16)21(22,18-12-4-3-5-13-18)20-15-9-7-11-17(20)2/h3-15,22H,1-2H3. The zero-order valence-corrected chi connectivity index (χ0v) is 13.0. The highest BCUT2D eigenvalue weighted by Crippen LogP contribution is 2.39. The molecule has 1 heteroatoms. The topological polar surface area (TPSA) is 20.2 Å². The van der Waals surface area contributed by atoms with Crippen molar-refractivity contribution in [2.45, 2.75) is 19.4 Å². The summed E-state index contributed by atoms with van der Waals surface area (Å²) in [6.07, 6.45) is 0. The molecule has 0 radical (unpaired) electrons. The van der Waals surface area contributed by atoms with E-state index in [9.17, 15) is 5.11 Å². The Morgan fingerprint density at radius 3 is 1.45 bits per heavy atom. The van der Waals surface area contributed by atoms with Gasteiger partial charge in [-0.25, -0.2) is 0 Å². The first-order chi connectivity index (χ1) is 10.6. The van der Waals surface area contributed by atoms with Gasteiger partial charge in [-0.3, -0.25) is 0 Å². The van der Waals surface area contributed by atoms with Crippen LogP contribution in [0.1, 0.15) is 27.8 Å². The van der Waals surface area contributed by atoms with Crippen molar-refractivity contribution in [1.29, 1.82) is 0 Å². The van der Waals surface area contributed by atoms with E-state index >= 15 is 0 Å². The van der Waals surface area contributed by atoms with E-state index in [4.69, 9.17) is 0 Å². The molecule has 3 rings (SSSR count). The maximum absolute atomic E-state index is 11.8. The molecule has 0 spiro atoms. The Hall–Kier alpha value is -2.38. The number of benzene rings is 3. The largest absolute Gasteiger partial charge is 0.376 e. The summed E-state index contributed by atoms with van der Waals surface area (Å²) in [5.41, 5.74) is 3.76. The summed E-state index contributed by atoms with van der Waals surface area (Å²) in [6.45, 7) is 4.09. The summed E-state index contributed by atoms with van der Waals surface area (Å²) in [4.78, 5) is 0. The maximum atomic E-state index is 11.8. The summed E-state index contributed by atoms with van der Waals surface area (Å²) in [5, 5.41) is 11.8. The van der Waals surface area contributed by atoms with Gasteiger partial charge in [0.15, 0.2) is 0 Å². The smallest absolute Gasteiger partial charge is 0.141 e. The van der Waals surface area contributed by atoms with Crippen molar-refractivity contribution in [3.63, 3.8) is 0 Å². The van der Waals surface area contributed by atoms with Gasteiger partial charge in [0.2, 0.25) is 0 Å². The van der Waals surface area contributed by atoms with E-state index in [0.29, 0.717) is 0 Å². The minimum absolute atomic E-state index is 0.888. The zero-order chi connectivity index (χ0) is 15.6. The minimum atomic E-state index is -1.14. The molecule has 0 aliphatic heterocycles. The van der Waals surface area contributed by atoms with Crippen molar-refractivity contribution in [2.75, 3.05) is 0 Å². The highest BCUT2D eigenvalue weighted by Gasteiger charge is 2.35. The highest BCUT2D eigenvalue weighted by atomic mass is 16.3. The maximum Gasteiger partial charge on any atom is 0.141 e. The Kier molecular flexibility index (Phi) is 3.82. The minimum Gasteiger partial charge on any atom is -0.376 e. The molecule has 0 aromatic heterocycles. The molecule has 1 nitrogen and oxygen atoms in total. The van der Waals surface area contributed by atoms with E-state index in [1.165, 1.54) is 0 Å². The van der Waals surface area contributed by atoms with E-state index in [-0.39, 0.29) is 0 Å². The van der Waals surface area contributed by atoms with Gasteiger partial charge in [-0.2, -0.15) is 0 Å². The van der Waals surface area contributed by atoms with Crippen molar-refractivity contribution >= 4 is 0 Å². The average molecular weight is 288 g/mol. The number of aliphatic hydroxyl groups is 1. The zero-order valence-electron chi connectivity index (χ0n) is 13.0. The molecule has 0 unspecified atom stereocenters. The summed E-state index contributed by atoms with van der Waals surface area (Å²) in [5.74, 6) is 0. The van der Waals surface area contributed by atoms with Gasteiger partial charge in [0.25, 0.3) is 0 Å². The summed E-state index contributed by atoms with van der Waals surface area (Å²) < 4.78 is 0. The lowest BCUT2D eigenvalue weighted by Crippen LogP contribution is -2.30. The van der Waals surface area contributed by atoms with Gasteiger partial charge >= 0.3 is 0 Å². The molecule has 0 aliphatic carbocycles.